The van der Waals surface area contributed by atoms with Crippen molar-refractivity contribution < 1.29 is 18.6 Å². The molecule has 1 atom stereocenters. The Kier molecular flexibility index (Phi) is 4.55. The lowest BCUT2D eigenvalue weighted by molar-refractivity contribution is 0.368. The van der Waals surface area contributed by atoms with Crippen molar-refractivity contribution in [3.8, 4) is 5.75 Å². The molecule has 1 fully saturated rings. The van der Waals surface area contributed by atoms with E-state index in [0.717, 1.165) is 10.9 Å². The van der Waals surface area contributed by atoms with E-state index in [2.05, 4.69) is 5.48 Å². The molecule has 3 aromatic rings. The average Bonchev–Trinajstić information content (AvgIpc) is 3.40. The molecule has 3 nitrogen and oxygen atoms in total. The van der Waals surface area contributed by atoms with Gasteiger partial charge in [-0.15, -0.1) is 0 Å². The molecule has 0 radical (unpaired) electrons. The fourth-order valence-electron chi connectivity index (χ4n) is 2.31. The number of rotatable bonds is 2. The summed E-state index contributed by atoms with van der Waals surface area (Å²) >= 11 is 0. The number of nitrogens with one attached hydrogen (secondary N) is 1. The predicted molar refractivity (Wildman–Crippen MR) is 86.6 cm³/mol. The van der Waals surface area contributed by atoms with Gasteiger partial charge in [0.15, 0.2) is 6.23 Å². The van der Waals surface area contributed by atoms with Crippen molar-refractivity contribution in [3.05, 3.63) is 72.3 Å². The lowest BCUT2D eigenvalue weighted by Gasteiger charge is -2.01. The topological polar surface area (TPSA) is 54.7 Å². The Morgan fingerprint density at radius 2 is 1.57 bits per heavy atom. The Hall–Kier alpha value is -2.44. The molecule has 2 N–H and O–H groups in total. The first-order valence-corrected chi connectivity index (χ1v) is 7.11. The predicted octanol–water partition coefficient (Wildman–Crippen LogP) is 3.40. The minimum atomic E-state index is -2.40. The van der Waals surface area contributed by atoms with Crippen LogP contribution in [0.5, 0.6) is 5.75 Å². The molecule has 0 aromatic heterocycles. The monoisotopic (exact) mass is 313 g/mol. The van der Waals surface area contributed by atoms with Gasteiger partial charge in [-0.05, 0) is 22.3 Å². The number of fused-ring (bicyclic) bond motifs is 1. The Bertz CT molecular complexity index is 804. The first-order chi connectivity index (χ1) is 11.2. The second-order valence-corrected chi connectivity index (χ2v) is 5.04. The molecule has 4 rings (SSSR count). The standard InChI is InChI=1S/C10H7BF2.C7H7NO2/c12-11(13)10-7-3-5-8-4-1-2-6-9(8)10;9-6-4-2-1-3-5(6)7-8-10-7/h1-7H;1-4,7-9H. The third kappa shape index (κ3) is 3.67. The SMILES string of the molecule is FB(F)c1cccc2ccccc12.Oc1ccccc1C1NO1. The number of hydrogen-bond acceptors (Lipinski definition) is 3. The van der Waals surface area contributed by atoms with Gasteiger partial charge in [-0.1, -0.05) is 60.7 Å². The van der Waals surface area contributed by atoms with Crippen LogP contribution in [-0.2, 0) is 4.84 Å². The van der Waals surface area contributed by atoms with Gasteiger partial charge >= 0.3 is 7.27 Å². The molecule has 1 unspecified atom stereocenters. The van der Waals surface area contributed by atoms with Gasteiger partial charge in [-0.2, -0.15) is 5.48 Å². The second kappa shape index (κ2) is 6.77. The van der Waals surface area contributed by atoms with E-state index in [1.165, 1.54) is 6.07 Å². The van der Waals surface area contributed by atoms with Gasteiger partial charge in [0.2, 0.25) is 0 Å². The number of para-hydroxylation sites is 1. The second-order valence-electron chi connectivity index (χ2n) is 5.04. The zero-order valence-corrected chi connectivity index (χ0v) is 12.1. The first kappa shape index (κ1) is 15.5. The Labute approximate surface area is 132 Å². The smallest absolute Gasteiger partial charge is 0.508 e. The molecular formula is C17H14BF2NO2. The van der Waals surface area contributed by atoms with E-state index in [1.54, 1.807) is 30.3 Å². The molecule has 1 aliphatic heterocycles. The minimum absolute atomic E-state index is 0.0961. The number of phenols is 1. The van der Waals surface area contributed by atoms with Gasteiger partial charge in [0.25, 0.3) is 0 Å². The fourth-order valence-corrected chi connectivity index (χ4v) is 2.31. The van der Waals surface area contributed by atoms with E-state index in [0.29, 0.717) is 5.39 Å². The number of halogens is 2. The van der Waals surface area contributed by atoms with Crippen LogP contribution in [0.1, 0.15) is 11.8 Å². The average molecular weight is 313 g/mol. The van der Waals surface area contributed by atoms with Crippen LogP contribution in [0.4, 0.5) is 8.63 Å². The Morgan fingerprint density at radius 3 is 2.26 bits per heavy atom. The summed E-state index contributed by atoms with van der Waals surface area (Å²) < 4.78 is 25.0. The highest BCUT2D eigenvalue weighted by atomic mass is 19.2. The van der Waals surface area contributed by atoms with Crippen LogP contribution in [0.3, 0.4) is 0 Å². The van der Waals surface area contributed by atoms with Crippen LogP contribution in [0.25, 0.3) is 10.8 Å². The Balaban J connectivity index is 0.000000140. The maximum absolute atomic E-state index is 12.5. The van der Waals surface area contributed by atoms with Gasteiger partial charge in [0, 0.05) is 5.56 Å². The third-order valence-electron chi connectivity index (χ3n) is 3.51. The lowest BCUT2D eigenvalue weighted by atomic mass is 9.82. The largest absolute Gasteiger partial charge is 0.572 e. The molecule has 0 amide bonds. The van der Waals surface area contributed by atoms with E-state index in [1.807, 2.05) is 30.3 Å². The van der Waals surface area contributed by atoms with Crippen molar-refractivity contribution >= 4 is 23.5 Å². The van der Waals surface area contributed by atoms with E-state index in [9.17, 15) is 13.7 Å². The molecule has 0 spiro atoms. The maximum Gasteiger partial charge on any atom is 0.572 e. The fraction of sp³-hybridized carbons (Fsp3) is 0.0588. The van der Waals surface area contributed by atoms with Gasteiger partial charge in [-0.25, -0.2) is 0 Å². The zero-order valence-electron chi connectivity index (χ0n) is 12.1. The summed E-state index contributed by atoms with van der Waals surface area (Å²) in [5.74, 6) is 0.275. The third-order valence-corrected chi connectivity index (χ3v) is 3.51. The number of hydrogen-bond donors (Lipinski definition) is 2. The summed E-state index contributed by atoms with van der Waals surface area (Å²) in [5, 5.41) is 10.7. The molecule has 0 saturated carbocycles. The van der Waals surface area contributed by atoms with Gasteiger partial charge < -0.3 is 5.11 Å². The van der Waals surface area contributed by atoms with Crippen LogP contribution >= 0.6 is 0 Å². The quantitative estimate of drug-likeness (QED) is 0.563. The normalized spacial score (nSPS) is 15.7. The minimum Gasteiger partial charge on any atom is -0.508 e. The summed E-state index contributed by atoms with van der Waals surface area (Å²) in [5.41, 5.74) is 3.53. The van der Waals surface area contributed by atoms with Gasteiger partial charge in [-0.3, -0.25) is 13.5 Å². The van der Waals surface area contributed by atoms with Crippen molar-refractivity contribution in [2.24, 2.45) is 0 Å². The van der Waals surface area contributed by atoms with Crippen LogP contribution in [0.15, 0.2) is 66.7 Å². The lowest BCUT2D eigenvalue weighted by Crippen LogP contribution is -2.20. The molecule has 1 heterocycles. The molecule has 0 aliphatic carbocycles. The van der Waals surface area contributed by atoms with Crippen LogP contribution < -0.4 is 10.9 Å². The first-order valence-electron chi connectivity index (χ1n) is 7.11. The van der Waals surface area contributed by atoms with Crippen molar-refractivity contribution in [1.29, 1.82) is 0 Å². The zero-order chi connectivity index (χ0) is 16.2. The van der Waals surface area contributed by atoms with E-state index >= 15 is 0 Å². The maximum atomic E-state index is 12.5. The highest BCUT2D eigenvalue weighted by molar-refractivity contribution is 6.63. The number of aromatic hydroxyl groups is 1. The molecule has 0 bridgehead atoms. The van der Waals surface area contributed by atoms with Crippen molar-refractivity contribution in [2.75, 3.05) is 0 Å². The molecule has 6 heteroatoms. The molecule has 1 aliphatic rings. The van der Waals surface area contributed by atoms with Crippen molar-refractivity contribution in [1.82, 2.24) is 5.48 Å². The number of phenolic OH excluding ortho intramolecular Hbond substituents is 1. The van der Waals surface area contributed by atoms with Crippen LogP contribution in [0.2, 0.25) is 0 Å². The summed E-state index contributed by atoms with van der Waals surface area (Å²) in [6.45, 7) is 0. The molecule has 1 saturated heterocycles. The number of hydroxylamine groups is 1. The number of benzene rings is 3. The molecule has 116 valence electrons. The van der Waals surface area contributed by atoms with E-state index < -0.39 is 7.27 Å². The molecule has 23 heavy (non-hydrogen) atoms. The van der Waals surface area contributed by atoms with Crippen molar-refractivity contribution in [2.45, 2.75) is 6.23 Å². The van der Waals surface area contributed by atoms with Crippen LogP contribution in [0, 0.1) is 0 Å². The van der Waals surface area contributed by atoms with Crippen LogP contribution in [-0.4, -0.2) is 12.4 Å². The summed E-state index contributed by atoms with van der Waals surface area (Å²) in [4.78, 5) is 4.77. The summed E-state index contributed by atoms with van der Waals surface area (Å²) in [6.07, 6.45) is -0.0961. The highest BCUT2D eigenvalue weighted by Crippen LogP contribution is 2.30. The molecule has 3 aromatic carbocycles. The molecular weight excluding hydrogens is 299 g/mol. The van der Waals surface area contributed by atoms with E-state index in [-0.39, 0.29) is 17.4 Å². The van der Waals surface area contributed by atoms with E-state index in [4.69, 9.17) is 4.84 Å². The highest BCUT2D eigenvalue weighted by Gasteiger charge is 2.26. The van der Waals surface area contributed by atoms with Gasteiger partial charge in [0.05, 0.1) is 0 Å². The van der Waals surface area contributed by atoms with Gasteiger partial charge in [0.1, 0.15) is 5.75 Å². The van der Waals surface area contributed by atoms with Crippen molar-refractivity contribution in [3.63, 3.8) is 0 Å². The summed E-state index contributed by atoms with van der Waals surface area (Å²) in [6, 6.07) is 19.2. The Morgan fingerprint density at radius 1 is 0.913 bits per heavy atom. The summed E-state index contributed by atoms with van der Waals surface area (Å²) in [7, 11) is -2.40.